The number of thiophene rings is 1. The molecule has 1 N–H and O–H groups in total. The predicted octanol–water partition coefficient (Wildman–Crippen LogP) is 3.24. The number of aromatic nitrogens is 2. The molecule has 1 aliphatic heterocycles. The Morgan fingerprint density at radius 3 is 3.00 bits per heavy atom. The number of hydrogen-bond donors (Lipinski definition) is 1. The third-order valence-corrected chi connectivity index (χ3v) is 6.35. The first-order valence-electron chi connectivity index (χ1n) is 8.50. The van der Waals surface area contributed by atoms with E-state index in [-0.39, 0.29) is 5.56 Å². The molecule has 0 bridgehead atoms. The minimum absolute atomic E-state index is 0.0732. The van der Waals surface area contributed by atoms with Crippen molar-refractivity contribution in [3.8, 4) is 0 Å². The van der Waals surface area contributed by atoms with E-state index in [2.05, 4.69) is 16.8 Å². The molecule has 0 aromatic carbocycles. The molecular weight excluding hydrogens is 294 g/mol. The lowest BCUT2D eigenvalue weighted by Gasteiger charge is -2.32. The molecule has 2 aliphatic rings. The maximum absolute atomic E-state index is 12.5. The number of H-pyrrole nitrogens is 1. The summed E-state index contributed by atoms with van der Waals surface area (Å²) in [6, 6.07) is 0.589. The van der Waals surface area contributed by atoms with Crippen molar-refractivity contribution in [1.29, 1.82) is 0 Å². The molecule has 1 aliphatic carbocycles. The Hall–Kier alpha value is -1.20. The number of piperidine rings is 1. The van der Waals surface area contributed by atoms with Crippen molar-refractivity contribution in [3.05, 3.63) is 26.6 Å². The van der Waals surface area contributed by atoms with Crippen molar-refractivity contribution < 1.29 is 0 Å². The van der Waals surface area contributed by atoms with Gasteiger partial charge in [-0.2, -0.15) is 0 Å². The molecule has 0 spiro atoms. The Labute approximate surface area is 134 Å². The molecule has 0 radical (unpaired) electrons. The van der Waals surface area contributed by atoms with Crippen LogP contribution in [0.2, 0.25) is 0 Å². The van der Waals surface area contributed by atoms with Gasteiger partial charge in [-0.25, -0.2) is 4.98 Å². The van der Waals surface area contributed by atoms with Crippen LogP contribution in [0.15, 0.2) is 4.79 Å². The third-order valence-electron chi connectivity index (χ3n) is 5.17. The summed E-state index contributed by atoms with van der Waals surface area (Å²) in [5.74, 6) is 0.838. The summed E-state index contributed by atoms with van der Waals surface area (Å²) in [5.41, 5.74) is 1.35. The fourth-order valence-electron chi connectivity index (χ4n) is 3.87. The number of fused-ring (bicyclic) bond motifs is 3. The summed E-state index contributed by atoms with van der Waals surface area (Å²) in [6.07, 6.45) is 8.43. The number of nitrogens with zero attached hydrogens (tertiary/aromatic N) is 2. The van der Waals surface area contributed by atoms with E-state index in [4.69, 9.17) is 4.98 Å². The first-order chi connectivity index (χ1) is 10.7. The zero-order chi connectivity index (χ0) is 15.1. The second-order valence-electron chi connectivity index (χ2n) is 6.72. The minimum Gasteiger partial charge on any atom is -0.309 e. The second kappa shape index (κ2) is 5.78. The van der Waals surface area contributed by atoms with Crippen molar-refractivity contribution in [2.24, 2.45) is 0 Å². The van der Waals surface area contributed by atoms with Crippen LogP contribution in [-0.2, 0) is 19.4 Å². The van der Waals surface area contributed by atoms with Crippen LogP contribution in [0, 0.1) is 0 Å². The lowest BCUT2D eigenvalue weighted by molar-refractivity contribution is 0.149. The van der Waals surface area contributed by atoms with Gasteiger partial charge in [0, 0.05) is 10.9 Å². The number of rotatable bonds is 2. The van der Waals surface area contributed by atoms with Crippen molar-refractivity contribution in [2.45, 2.75) is 64.5 Å². The number of likely N-dealkylation sites (tertiary alicyclic amines) is 1. The van der Waals surface area contributed by atoms with Gasteiger partial charge in [-0.15, -0.1) is 11.3 Å². The predicted molar refractivity (Wildman–Crippen MR) is 90.6 cm³/mol. The van der Waals surface area contributed by atoms with E-state index in [0.717, 1.165) is 42.0 Å². The van der Waals surface area contributed by atoms with E-state index in [1.54, 1.807) is 11.3 Å². The zero-order valence-electron chi connectivity index (χ0n) is 13.2. The van der Waals surface area contributed by atoms with Crippen LogP contribution in [0.25, 0.3) is 10.2 Å². The van der Waals surface area contributed by atoms with Gasteiger partial charge >= 0.3 is 0 Å². The normalized spacial score (nSPS) is 22.9. The van der Waals surface area contributed by atoms with Crippen LogP contribution in [-0.4, -0.2) is 27.5 Å². The van der Waals surface area contributed by atoms with Gasteiger partial charge in [0.1, 0.15) is 10.7 Å². The largest absolute Gasteiger partial charge is 0.309 e. The summed E-state index contributed by atoms with van der Waals surface area (Å²) >= 11 is 1.74. The third kappa shape index (κ3) is 2.50. The molecule has 1 atom stereocenters. The standard InChI is InChI=1S/C17H23N3OS/c1-11-6-4-5-9-20(11)10-14-18-16(21)15-12-7-2-3-8-13(12)22-17(15)19-14/h11H,2-10H2,1H3,(H,18,19,21). The lowest BCUT2D eigenvalue weighted by atomic mass is 9.97. The highest BCUT2D eigenvalue weighted by Gasteiger charge is 2.22. The van der Waals surface area contributed by atoms with Crippen LogP contribution in [0.3, 0.4) is 0 Å². The van der Waals surface area contributed by atoms with Crippen molar-refractivity contribution in [1.82, 2.24) is 14.9 Å². The molecule has 0 saturated carbocycles. The molecule has 1 unspecified atom stereocenters. The SMILES string of the molecule is CC1CCCCN1Cc1nc2sc3c(c2c(=O)[nH]1)CCCC3. The molecule has 1 saturated heterocycles. The number of nitrogens with one attached hydrogen (secondary N) is 1. The number of hydrogen-bond acceptors (Lipinski definition) is 4. The molecule has 2 aromatic heterocycles. The van der Waals surface area contributed by atoms with Gasteiger partial charge < -0.3 is 4.98 Å². The average molecular weight is 317 g/mol. The molecule has 4 nitrogen and oxygen atoms in total. The Balaban J connectivity index is 1.69. The number of aryl methyl sites for hydroxylation is 2. The van der Waals surface area contributed by atoms with E-state index in [9.17, 15) is 4.79 Å². The van der Waals surface area contributed by atoms with Crippen LogP contribution >= 0.6 is 11.3 Å². The smallest absolute Gasteiger partial charge is 0.259 e. The molecule has 22 heavy (non-hydrogen) atoms. The highest BCUT2D eigenvalue weighted by atomic mass is 32.1. The lowest BCUT2D eigenvalue weighted by Crippen LogP contribution is -2.37. The quantitative estimate of drug-likeness (QED) is 0.925. The summed E-state index contributed by atoms with van der Waals surface area (Å²) in [6.45, 7) is 4.17. The van der Waals surface area contributed by atoms with Gasteiger partial charge in [-0.3, -0.25) is 9.69 Å². The van der Waals surface area contributed by atoms with E-state index >= 15 is 0 Å². The van der Waals surface area contributed by atoms with E-state index in [0.29, 0.717) is 6.04 Å². The summed E-state index contributed by atoms with van der Waals surface area (Å²) in [7, 11) is 0. The molecule has 1 fully saturated rings. The summed E-state index contributed by atoms with van der Waals surface area (Å²) < 4.78 is 0. The van der Waals surface area contributed by atoms with E-state index < -0.39 is 0 Å². The average Bonchev–Trinajstić information content (AvgIpc) is 2.88. The van der Waals surface area contributed by atoms with Crippen LogP contribution in [0.4, 0.5) is 0 Å². The monoisotopic (exact) mass is 317 g/mol. The van der Waals surface area contributed by atoms with Crippen LogP contribution in [0.1, 0.15) is 55.3 Å². The van der Waals surface area contributed by atoms with Gasteiger partial charge in [-0.1, -0.05) is 6.42 Å². The van der Waals surface area contributed by atoms with Gasteiger partial charge in [0.25, 0.3) is 5.56 Å². The fourth-order valence-corrected chi connectivity index (χ4v) is 5.15. The first-order valence-corrected chi connectivity index (χ1v) is 9.31. The van der Waals surface area contributed by atoms with Gasteiger partial charge in [0.15, 0.2) is 0 Å². The molecule has 2 aromatic rings. The molecule has 0 amide bonds. The van der Waals surface area contributed by atoms with Gasteiger partial charge in [0.2, 0.25) is 0 Å². The maximum atomic E-state index is 12.5. The highest BCUT2D eigenvalue weighted by Crippen LogP contribution is 2.33. The van der Waals surface area contributed by atoms with Crippen molar-refractivity contribution in [2.75, 3.05) is 6.54 Å². The molecule has 5 heteroatoms. The topological polar surface area (TPSA) is 49.0 Å². The fraction of sp³-hybridized carbons (Fsp3) is 0.647. The second-order valence-corrected chi connectivity index (χ2v) is 7.80. The minimum atomic E-state index is 0.0732. The Morgan fingerprint density at radius 2 is 2.14 bits per heavy atom. The maximum Gasteiger partial charge on any atom is 0.259 e. The van der Waals surface area contributed by atoms with Crippen molar-refractivity contribution in [3.63, 3.8) is 0 Å². The Kier molecular flexibility index (Phi) is 3.78. The molecular formula is C17H23N3OS. The van der Waals surface area contributed by atoms with Crippen molar-refractivity contribution >= 4 is 21.6 Å². The van der Waals surface area contributed by atoms with E-state index in [1.807, 2.05) is 0 Å². The Bertz CT molecular complexity index is 748. The first kappa shape index (κ1) is 14.4. The number of aromatic amines is 1. The van der Waals surface area contributed by atoms with Gasteiger partial charge in [0.05, 0.1) is 11.9 Å². The highest BCUT2D eigenvalue weighted by molar-refractivity contribution is 7.18. The van der Waals surface area contributed by atoms with E-state index in [1.165, 1.54) is 42.5 Å². The molecule has 4 rings (SSSR count). The summed E-state index contributed by atoms with van der Waals surface area (Å²) in [5, 5.41) is 0.871. The van der Waals surface area contributed by atoms with Crippen LogP contribution in [0.5, 0.6) is 0 Å². The molecule has 3 heterocycles. The molecule has 118 valence electrons. The van der Waals surface area contributed by atoms with Gasteiger partial charge in [-0.05, 0) is 57.6 Å². The van der Waals surface area contributed by atoms with Crippen LogP contribution < -0.4 is 5.56 Å². The Morgan fingerprint density at radius 1 is 1.27 bits per heavy atom. The zero-order valence-corrected chi connectivity index (χ0v) is 14.0. The summed E-state index contributed by atoms with van der Waals surface area (Å²) in [4.78, 5) is 25.2.